The van der Waals surface area contributed by atoms with Crippen LogP contribution in [0.25, 0.3) is 33.4 Å². The minimum atomic E-state index is -0.191. The van der Waals surface area contributed by atoms with Crippen molar-refractivity contribution in [2.75, 3.05) is 172 Å². The zero-order chi connectivity index (χ0) is 59.7. The van der Waals surface area contributed by atoms with Crippen LogP contribution in [0.15, 0.2) is 84.9 Å². The molecule has 2 unspecified atom stereocenters. The van der Waals surface area contributed by atoms with Crippen molar-refractivity contribution in [2.45, 2.75) is 134 Å². The molecule has 3 aliphatic rings. The molecule has 0 N–H and O–H groups in total. The van der Waals surface area contributed by atoms with Gasteiger partial charge in [0.1, 0.15) is 12.2 Å². The first-order valence-corrected chi connectivity index (χ1v) is 32.2. The number of hydrogen-bond acceptors (Lipinski definition) is 14. The van der Waals surface area contributed by atoms with Crippen molar-refractivity contribution in [3.8, 4) is 33.4 Å². The summed E-state index contributed by atoms with van der Waals surface area (Å²) in [6.07, 6.45) is 10.3. The van der Waals surface area contributed by atoms with Crippen LogP contribution in [-0.2, 0) is 82.6 Å². The SMILES string of the molecule is CC(C)(C)c1ccc(-c2ccc3c(c2)C(CCCCCCOCC2COCCOCCOCCOCCOCCO2)(CCCCCCOCC2COCCOCCOCCOCCOCCO2)c2cc(-c4ccc(C(C)(C)C)cc4)ccc2-3)cc1. The van der Waals surface area contributed by atoms with Crippen molar-refractivity contribution in [3.63, 3.8) is 0 Å². The van der Waals surface area contributed by atoms with E-state index in [-0.39, 0.29) is 28.5 Å². The average molecular weight is 1180 g/mol. The second-order valence-corrected chi connectivity index (χ2v) is 24.8. The number of benzene rings is 4. The molecule has 2 atom stereocenters. The second kappa shape index (κ2) is 38.7. The Morgan fingerprint density at radius 3 is 0.965 bits per heavy atom. The van der Waals surface area contributed by atoms with Gasteiger partial charge in [-0.2, -0.15) is 0 Å². The van der Waals surface area contributed by atoms with Crippen LogP contribution in [0.5, 0.6) is 0 Å². The lowest BCUT2D eigenvalue weighted by atomic mass is 9.70. The lowest BCUT2D eigenvalue weighted by molar-refractivity contribution is -0.0846. The third-order valence-electron chi connectivity index (χ3n) is 16.2. The molecule has 0 spiro atoms. The van der Waals surface area contributed by atoms with E-state index in [1.54, 1.807) is 0 Å². The molecular formula is C71H106O14. The average Bonchev–Trinajstić information content (AvgIpc) is 1.79. The van der Waals surface area contributed by atoms with Gasteiger partial charge >= 0.3 is 0 Å². The highest BCUT2D eigenvalue weighted by atomic mass is 16.6. The maximum Gasteiger partial charge on any atom is 0.104 e. The van der Waals surface area contributed by atoms with Crippen LogP contribution in [0.1, 0.15) is 128 Å². The van der Waals surface area contributed by atoms with Gasteiger partial charge in [0.25, 0.3) is 0 Å². The molecule has 85 heavy (non-hydrogen) atoms. The normalized spacial score (nSPS) is 20.3. The molecule has 0 radical (unpaired) electrons. The second-order valence-electron chi connectivity index (χ2n) is 24.8. The molecule has 2 saturated heterocycles. The summed E-state index contributed by atoms with van der Waals surface area (Å²) in [5.74, 6) is 0. The van der Waals surface area contributed by atoms with E-state index in [2.05, 4.69) is 126 Å². The number of ether oxygens (including phenoxy) is 14. The number of fused-ring (bicyclic) bond motifs is 3. The summed E-state index contributed by atoms with van der Waals surface area (Å²) in [6.45, 7) is 27.1. The van der Waals surface area contributed by atoms with E-state index >= 15 is 0 Å². The Balaban J connectivity index is 1.02. The fourth-order valence-electron chi connectivity index (χ4n) is 11.3. The predicted octanol–water partition coefficient (Wildman–Crippen LogP) is 12.8. The summed E-state index contributed by atoms with van der Waals surface area (Å²) >= 11 is 0. The van der Waals surface area contributed by atoms with Gasteiger partial charge in [0.15, 0.2) is 0 Å². The maximum absolute atomic E-state index is 6.29. The monoisotopic (exact) mass is 1180 g/mol. The molecule has 0 saturated carbocycles. The highest BCUT2D eigenvalue weighted by Gasteiger charge is 2.43. The molecule has 4 aromatic rings. The first kappa shape index (κ1) is 68.8. The van der Waals surface area contributed by atoms with Crippen LogP contribution in [0.3, 0.4) is 0 Å². The molecule has 14 nitrogen and oxygen atoms in total. The minimum Gasteiger partial charge on any atom is -0.379 e. The van der Waals surface area contributed by atoms with E-state index in [0.29, 0.717) is 172 Å². The third-order valence-corrected chi connectivity index (χ3v) is 16.2. The first-order valence-electron chi connectivity index (χ1n) is 32.2. The molecule has 0 bridgehead atoms. The molecular weight excluding hydrogens is 1080 g/mol. The van der Waals surface area contributed by atoms with Gasteiger partial charge in [-0.05, 0) is 104 Å². The Kier molecular flexibility index (Phi) is 31.3. The Bertz CT molecular complexity index is 2190. The maximum atomic E-state index is 6.29. The van der Waals surface area contributed by atoms with Crippen molar-refractivity contribution in [3.05, 3.63) is 107 Å². The Labute approximate surface area is 510 Å². The van der Waals surface area contributed by atoms with Gasteiger partial charge in [-0.3, -0.25) is 0 Å². The largest absolute Gasteiger partial charge is 0.379 e. The summed E-state index contributed by atoms with van der Waals surface area (Å²) < 4.78 is 82.1. The quantitative estimate of drug-likeness (QED) is 0.0778. The highest BCUT2D eigenvalue weighted by molar-refractivity contribution is 5.86. The van der Waals surface area contributed by atoms with Gasteiger partial charge in [-0.25, -0.2) is 0 Å². The van der Waals surface area contributed by atoms with Crippen LogP contribution in [-0.4, -0.2) is 184 Å². The van der Waals surface area contributed by atoms with Crippen LogP contribution in [0, 0.1) is 0 Å². The topological polar surface area (TPSA) is 129 Å². The van der Waals surface area contributed by atoms with Gasteiger partial charge in [-0.15, -0.1) is 0 Å². The third kappa shape index (κ3) is 24.3. The van der Waals surface area contributed by atoms with E-state index < -0.39 is 0 Å². The van der Waals surface area contributed by atoms with E-state index in [1.165, 1.54) is 55.6 Å². The molecule has 474 valence electrons. The van der Waals surface area contributed by atoms with E-state index in [4.69, 9.17) is 66.3 Å². The van der Waals surface area contributed by atoms with Crippen LogP contribution >= 0.6 is 0 Å². The van der Waals surface area contributed by atoms with Crippen molar-refractivity contribution in [1.82, 2.24) is 0 Å². The van der Waals surface area contributed by atoms with Crippen molar-refractivity contribution < 1.29 is 66.3 Å². The Morgan fingerprint density at radius 1 is 0.341 bits per heavy atom. The number of unbranched alkanes of at least 4 members (excludes halogenated alkanes) is 6. The van der Waals surface area contributed by atoms with Crippen molar-refractivity contribution in [2.24, 2.45) is 0 Å². The summed E-state index contributed by atoms with van der Waals surface area (Å²) in [4.78, 5) is 0. The molecule has 2 heterocycles. The Hall–Kier alpha value is -3.68. The molecule has 1 aliphatic carbocycles. The van der Waals surface area contributed by atoms with Crippen LogP contribution < -0.4 is 0 Å². The molecule has 14 heteroatoms. The van der Waals surface area contributed by atoms with E-state index in [1.807, 2.05) is 0 Å². The van der Waals surface area contributed by atoms with Gasteiger partial charge < -0.3 is 66.3 Å². The lowest BCUT2D eigenvalue weighted by Crippen LogP contribution is -2.28. The Morgan fingerprint density at radius 2 is 0.635 bits per heavy atom. The molecule has 7 rings (SSSR count). The number of rotatable bonds is 20. The van der Waals surface area contributed by atoms with Crippen molar-refractivity contribution in [1.29, 1.82) is 0 Å². The fraction of sp³-hybridized carbons (Fsp3) is 0.662. The van der Waals surface area contributed by atoms with E-state index in [9.17, 15) is 0 Å². The fourth-order valence-corrected chi connectivity index (χ4v) is 11.3. The molecule has 2 aliphatic heterocycles. The standard InChI is InChI=1S/C71H106O14/c1-69(2,3)61-21-15-57(16-22-61)59-19-25-65-66-26-20-60(58-17-23-62(24-18-58)70(4,5)6)52-68(66)71(67(65)51-59,27-11-7-9-13-29-80-53-63-55-82-45-43-76-37-35-72-31-33-74-39-41-78-47-49-84-63)28-12-8-10-14-30-81-54-64-56-83-46-44-77-38-36-73-32-34-75-40-42-79-48-50-85-64/h15-26,51-52,63-64H,7-14,27-50,53-56H2,1-6H3. The summed E-state index contributed by atoms with van der Waals surface area (Å²) in [7, 11) is 0. The van der Waals surface area contributed by atoms with Gasteiger partial charge in [0.2, 0.25) is 0 Å². The van der Waals surface area contributed by atoms with E-state index in [0.717, 1.165) is 64.2 Å². The molecule has 4 aromatic carbocycles. The summed E-state index contributed by atoms with van der Waals surface area (Å²) in [5, 5.41) is 0. The minimum absolute atomic E-state index is 0.0801. The molecule has 0 amide bonds. The first-order chi connectivity index (χ1) is 41.5. The van der Waals surface area contributed by atoms with Crippen molar-refractivity contribution >= 4 is 0 Å². The van der Waals surface area contributed by atoms with Gasteiger partial charge in [0, 0.05) is 18.6 Å². The van der Waals surface area contributed by atoms with Gasteiger partial charge in [-0.1, -0.05) is 153 Å². The predicted molar refractivity (Wildman–Crippen MR) is 336 cm³/mol. The summed E-state index contributed by atoms with van der Waals surface area (Å²) in [5.41, 5.74) is 13.4. The summed E-state index contributed by atoms with van der Waals surface area (Å²) in [6, 6.07) is 33.2. The zero-order valence-corrected chi connectivity index (χ0v) is 52.9. The van der Waals surface area contributed by atoms with Crippen LogP contribution in [0.2, 0.25) is 0 Å². The van der Waals surface area contributed by atoms with Gasteiger partial charge in [0.05, 0.1) is 159 Å². The smallest absolute Gasteiger partial charge is 0.104 e. The molecule has 0 aromatic heterocycles. The highest BCUT2D eigenvalue weighted by Crippen LogP contribution is 2.56. The number of hydrogen-bond donors (Lipinski definition) is 0. The zero-order valence-electron chi connectivity index (χ0n) is 52.9. The molecule has 2 fully saturated rings. The lowest BCUT2D eigenvalue weighted by Gasteiger charge is -2.33. The van der Waals surface area contributed by atoms with Crippen LogP contribution in [0.4, 0.5) is 0 Å².